The number of thiazole rings is 1. The molecule has 2 heterocycles. The van der Waals surface area contributed by atoms with Crippen LogP contribution >= 0.6 is 22.7 Å². The smallest absolute Gasteiger partial charge is 0.339 e. The number of carbonyl (C=O) groups excluding carboxylic acids is 2. The highest BCUT2D eigenvalue weighted by atomic mass is 32.2. The summed E-state index contributed by atoms with van der Waals surface area (Å²) in [6, 6.07) is 20.3. The first-order valence-electron chi connectivity index (χ1n) is 12.1. The third-order valence-electron chi connectivity index (χ3n) is 5.76. The molecule has 0 saturated heterocycles. The highest BCUT2D eigenvalue weighted by molar-refractivity contribution is 7.93. The minimum Gasteiger partial charge on any atom is -0.449 e. The molecule has 5 aromatic rings. The number of para-hydroxylation sites is 1. The second-order valence-electron chi connectivity index (χ2n) is 8.58. The van der Waals surface area contributed by atoms with Crippen LogP contribution in [0, 0.1) is 6.92 Å². The van der Waals surface area contributed by atoms with Crippen LogP contribution in [0.25, 0.3) is 20.8 Å². The van der Waals surface area contributed by atoms with Gasteiger partial charge in [-0.2, -0.15) is 0 Å². The number of nitrogens with one attached hydrogen (secondary N) is 2. The average molecular weight is 594 g/mol. The van der Waals surface area contributed by atoms with E-state index in [1.54, 1.807) is 32.0 Å². The van der Waals surface area contributed by atoms with E-state index in [0.29, 0.717) is 26.8 Å². The molecule has 0 saturated carbocycles. The Morgan fingerprint density at radius 2 is 1.68 bits per heavy atom. The van der Waals surface area contributed by atoms with Crippen molar-refractivity contribution in [3.63, 3.8) is 0 Å². The number of hydrogen-bond donors (Lipinski definition) is 2. The van der Waals surface area contributed by atoms with E-state index in [2.05, 4.69) is 25.2 Å². The van der Waals surface area contributed by atoms with Gasteiger partial charge < -0.3 is 10.1 Å². The van der Waals surface area contributed by atoms with E-state index in [1.165, 1.54) is 35.6 Å². The van der Waals surface area contributed by atoms with Crippen LogP contribution in [0.1, 0.15) is 28.7 Å². The number of hydrogen-bond acceptors (Lipinski definition) is 10. The van der Waals surface area contributed by atoms with Crippen LogP contribution in [0.2, 0.25) is 0 Å². The number of aromatic nitrogens is 3. The van der Waals surface area contributed by atoms with Crippen LogP contribution in [0.5, 0.6) is 0 Å². The lowest BCUT2D eigenvalue weighted by Gasteiger charge is -2.17. The number of fused-ring (bicyclic) bond motifs is 1. The van der Waals surface area contributed by atoms with Gasteiger partial charge in [-0.25, -0.2) is 18.2 Å². The summed E-state index contributed by atoms with van der Waals surface area (Å²) in [6.07, 6.45) is -0.833. The Labute approximate surface area is 238 Å². The van der Waals surface area contributed by atoms with E-state index in [4.69, 9.17) is 4.74 Å². The van der Waals surface area contributed by atoms with Gasteiger partial charge in [-0.15, -0.1) is 21.5 Å². The number of esters is 1. The van der Waals surface area contributed by atoms with E-state index in [9.17, 15) is 18.0 Å². The summed E-state index contributed by atoms with van der Waals surface area (Å²) in [5, 5.41) is 11.7. The Bertz CT molecular complexity index is 1770. The molecule has 1 unspecified atom stereocenters. The van der Waals surface area contributed by atoms with Crippen molar-refractivity contribution in [2.45, 2.75) is 31.3 Å². The average Bonchev–Trinajstić information content (AvgIpc) is 3.57. The first-order chi connectivity index (χ1) is 19.2. The lowest BCUT2D eigenvalue weighted by Crippen LogP contribution is -2.32. The monoisotopic (exact) mass is 593 g/mol. The molecule has 3 aromatic carbocycles. The van der Waals surface area contributed by atoms with E-state index < -0.39 is 28.0 Å². The zero-order valence-electron chi connectivity index (χ0n) is 21.3. The summed E-state index contributed by atoms with van der Waals surface area (Å²) in [4.78, 5) is 30.8. The normalized spacial score (nSPS) is 12.2. The van der Waals surface area contributed by atoms with Crippen LogP contribution < -0.4 is 10.0 Å². The molecule has 2 N–H and O–H groups in total. The Balaban J connectivity index is 1.27. The molecule has 1 amide bonds. The van der Waals surface area contributed by atoms with Crippen LogP contribution in [0.4, 0.5) is 10.8 Å². The van der Waals surface area contributed by atoms with Crippen LogP contribution in [0.3, 0.4) is 0 Å². The molecule has 10 nitrogen and oxygen atoms in total. The Hall–Kier alpha value is -4.20. The minimum absolute atomic E-state index is 0.0109. The maximum atomic E-state index is 13.2. The van der Waals surface area contributed by atoms with Gasteiger partial charge in [0.1, 0.15) is 10.0 Å². The number of nitrogens with zero attached hydrogens (tertiary/aromatic N) is 3. The van der Waals surface area contributed by atoms with Crippen LogP contribution in [-0.4, -0.2) is 41.6 Å². The Kier molecular flexibility index (Phi) is 7.87. The summed E-state index contributed by atoms with van der Waals surface area (Å²) in [6.45, 7) is 3.45. The van der Waals surface area contributed by atoms with Crippen LogP contribution in [0.15, 0.2) is 77.7 Å². The molecular weight excluding hydrogens is 571 g/mol. The van der Waals surface area contributed by atoms with Gasteiger partial charge in [0.15, 0.2) is 6.10 Å². The maximum Gasteiger partial charge on any atom is 0.339 e. The summed E-state index contributed by atoms with van der Waals surface area (Å²) >= 11 is 2.58. The molecular formula is C27H23N5O5S3. The predicted molar refractivity (Wildman–Crippen MR) is 155 cm³/mol. The second-order valence-corrected chi connectivity index (χ2v) is 12.5. The van der Waals surface area contributed by atoms with E-state index in [1.807, 2.05) is 30.3 Å². The lowest BCUT2D eigenvalue weighted by atomic mass is 10.1. The molecule has 0 bridgehead atoms. The van der Waals surface area contributed by atoms with Crippen molar-refractivity contribution < 1.29 is 22.7 Å². The number of anilines is 2. The molecule has 2 aromatic heterocycles. The molecule has 40 heavy (non-hydrogen) atoms. The van der Waals surface area contributed by atoms with E-state index in [0.717, 1.165) is 21.6 Å². The van der Waals surface area contributed by atoms with Crippen molar-refractivity contribution in [1.29, 1.82) is 0 Å². The molecule has 0 aliphatic rings. The van der Waals surface area contributed by atoms with Crippen molar-refractivity contribution in [1.82, 2.24) is 15.2 Å². The second kappa shape index (κ2) is 11.5. The van der Waals surface area contributed by atoms with Gasteiger partial charge in [0.25, 0.3) is 15.9 Å². The quantitative estimate of drug-likeness (QED) is 0.214. The van der Waals surface area contributed by atoms with Crippen molar-refractivity contribution >= 4 is 65.6 Å². The van der Waals surface area contributed by atoms with Gasteiger partial charge in [0.2, 0.25) is 5.13 Å². The van der Waals surface area contributed by atoms with Gasteiger partial charge in [-0.1, -0.05) is 48.6 Å². The molecule has 5 rings (SSSR count). The van der Waals surface area contributed by atoms with Crippen molar-refractivity contribution in [3.05, 3.63) is 83.4 Å². The van der Waals surface area contributed by atoms with Crippen molar-refractivity contribution in [3.8, 4) is 10.6 Å². The highest BCUT2D eigenvalue weighted by Gasteiger charge is 2.25. The predicted octanol–water partition coefficient (Wildman–Crippen LogP) is 5.50. The minimum atomic E-state index is -3.88. The summed E-state index contributed by atoms with van der Waals surface area (Å²) in [7, 11) is -3.88. The summed E-state index contributed by atoms with van der Waals surface area (Å²) in [5.41, 5.74) is 2.11. The van der Waals surface area contributed by atoms with Gasteiger partial charge >= 0.3 is 5.97 Å². The van der Waals surface area contributed by atoms with Crippen molar-refractivity contribution in [2.24, 2.45) is 0 Å². The molecule has 0 fully saturated rings. The Morgan fingerprint density at radius 3 is 2.38 bits per heavy atom. The van der Waals surface area contributed by atoms with Crippen molar-refractivity contribution in [2.75, 3.05) is 10.0 Å². The first-order valence-corrected chi connectivity index (χ1v) is 15.2. The number of ether oxygens (including phenoxy) is 1. The largest absolute Gasteiger partial charge is 0.449 e. The standard InChI is InChI=1S/C27H23N5O5S3/c1-3-22(24(33)28-17-12-14-18(15-13-17)40(35,36)32-27-31-30-16(2)38-27)37-26(34)20-9-5-4-8-19(20)25-29-21-10-6-7-11-23(21)39-25/h4-15,22H,3H2,1-2H3,(H,28,33)(H,31,32). The van der Waals surface area contributed by atoms with E-state index in [-0.39, 0.29) is 16.4 Å². The zero-order valence-corrected chi connectivity index (χ0v) is 23.8. The highest BCUT2D eigenvalue weighted by Crippen LogP contribution is 2.32. The third kappa shape index (κ3) is 6.01. The molecule has 204 valence electrons. The van der Waals surface area contributed by atoms with Gasteiger partial charge in [-0.05, 0) is 55.8 Å². The number of aryl methyl sites for hydroxylation is 1. The molecule has 0 radical (unpaired) electrons. The number of benzene rings is 3. The molecule has 1 atom stereocenters. The summed E-state index contributed by atoms with van der Waals surface area (Å²) < 4.78 is 34.2. The molecule has 0 spiro atoms. The topological polar surface area (TPSA) is 140 Å². The molecule has 0 aliphatic heterocycles. The third-order valence-corrected chi connectivity index (χ3v) is 9.07. The SMILES string of the molecule is CCC(OC(=O)c1ccccc1-c1nc2ccccc2s1)C(=O)Nc1ccc(S(=O)(=O)Nc2nnc(C)s2)cc1. The number of rotatable bonds is 9. The fraction of sp³-hybridized carbons (Fsp3) is 0.148. The van der Waals surface area contributed by atoms with Gasteiger partial charge in [0, 0.05) is 11.3 Å². The van der Waals surface area contributed by atoms with Gasteiger partial charge in [0.05, 0.1) is 20.7 Å². The first kappa shape index (κ1) is 27.4. The molecule has 0 aliphatic carbocycles. The molecule has 13 heteroatoms. The number of sulfonamides is 1. The zero-order chi connectivity index (χ0) is 28.3. The van der Waals surface area contributed by atoms with Gasteiger partial charge in [-0.3, -0.25) is 9.52 Å². The fourth-order valence-electron chi connectivity index (χ4n) is 3.80. The van der Waals surface area contributed by atoms with E-state index >= 15 is 0 Å². The van der Waals surface area contributed by atoms with Crippen LogP contribution in [-0.2, 0) is 19.6 Å². The maximum absolute atomic E-state index is 13.2. The number of amides is 1. The number of carbonyl (C=O) groups is 2. The summed E-state index contributed by atoms with van der Waals surface area (Å²) in [5.74, 6) is -1.18. The Morgan fingerprint density at radius 1 is 0.950 bits per heavy atom. The lowest BCUT2D eigenvalue weighted by molar-refractivity contribution is -0.124. The fourth-order valence-corrected chi connectivity index (χ4v) is 6.63.